The number of aliphatic hydroxyl groups excluding tert-OH is 1. The highest BCUT2D eigenvalue weighted by molar-refractivity contribution is 5.80. The number of carbonyl (C=O) groups excluding carboxylic acids is 1. The summed E-state index contributed by atoms with van der Waals surface area (Å²) in [5, 5.41) is 9.10. The summed E-state index contributed by atoms with van der Waals surface area (Å²) in [5.74, 6) is 0.768. The van der Waals surface area contributed by atoms with Crippen LogP contribution < -0.4 is 0 Å². The van der Waals surface area contributed by atoms with Crippen LogP contribution in [0.1, 0.15) is 44.7 Å². The first-order valence-corrected chi connectivity index (χ1v) is 11.9. The SMILES string of the molecule is CCOC(=O)[C@]1(C)C[C@@H]1COCc1ccccc1.C[C@@]1(CO)C[C@@H]1COCc1ccccc1. The Morgan fingerprint density at radius 3 is 1.85 bits per heavy atom. The standard InChI is InChI=1S/C15H20O3.C13H18O2/c1-3-18-14(16)15(2)9-13(15)11-17-10-12-7-5-4-6-8-12;1-13(10-14)7-12(13)9-15-8-11-5-3-2-4-6-11/h4-8,13H,3,9-11H2,1-2H3;2-6,12,14H,7-10H2,1H3/t13-,15-;12-,13+/m11/s1. The first-order valence-electron chi connectivity index (χ1n) is 11.9. The fourth-order valence-corrected chi connectivity index (χ4v) is 3.99. The molecule has 4 rings (SSSR count). The number of hydrogen-bond acceptors (Lipinski definition) is 5. The Labute approximate surface area is 198 Å². The van der Waals surface area contributed by atoms with Crippen molar-refractivity contribution >= 4 is 5.97 Å². The molecule has 4 atom stereocenters. The van der Waals surface area contributed by atoms with E-state index >= 15 is 0 Å². The molecule has 0 spiro atoms. The normalized spacial score (nSPS) is 27.3. The Kier molecular flexibility index (Phi) is 9.07. The minimum Gasteiger partial charge on any atom is -0.466 e. The lowest BCUT2D eigenvalue weighted by atomic mass is 10.1. The molecule has 2 fully saturated rings. The Hall–Kier alpha value is -2.21. The Balaban J connectivity index is 0.000000189. The highest BCUT2D eigenvalue weighted by atomic mass is 16.5. The second-order valence-corrected chi connectivity index (χ2v) is 9.75. The third-order valence-corrected chi connectivity index (χ3v) is 6.91. The molecule has 0 amide bonds. The van der Waals surface area contributed by atoms with E-state index in [0.717, 1.165) is 25.0 Å². The molecule has 1 N–H and O–H groups in total. The van der Waals surface area contributed by atoms with E-state index in [1.54, 1.807) is 0 Å². The van der Waals surface area contributed by atoms with Crippen molar-refractivity contribution < 1.29 is 24.1 Å². The third-order valence-electron chi connectivity index (χ3n) is 6.91. The van der Waals surface area contributed by atoms with Gasteiger partial charge >= 0.3 is 5.97 Å². The van der Waals surface area contributed by atoms with E-state index in [9.17, 15) is 4.79 Å². The van der Waals surface area contributed by atoms with E-state index in [4.69, 9.17) is 19.3 Å². The predicted octanol–water partition coefficient (Wildman–Crippen LogP) is 5.01. The largest absolute Gasteiger partial charge is 0.466 e. The van der Waals surface area contributed by atoms with Crippen molar-refractivity contribution in [3.63, 3.8) is 0 Å². The molecular formula is C28H38O5. The van der Waals surface area contributed by atoms with Gasteiger partial charge in [0.25, 0.3) is 0 Å². The maximum Gasteiger partial charge on any atom is 0.312 e. The molecule has 2 aliphatic rings. The first kappa shape index (κ1) is 25.4. The second kappa shape index (κ2) is 11.8. The number of rotatable bonds is 11. The van der Waals surface area contributed by atoms with Crippen molar-refractivity contribution in [1.29, 1.82) is 0 Å². The van der Waals surface area contributed by atoms with Gasteiger partial charge in [0.15, 0.2) is 0 Å². The number of benzene rings is 2. The molecule has 5 nitrogen and oxygen atoms in total. The van der Waals surface area contributed by atoms with Gasteiger partial charge in [0, 0.05) is 6.61 Å². The number of esters is 1. The molecule has 2 aliphatic carbocycles. The number of carbonyl (C=O) groups is 1. The molecule has 0 aromatic heterocycles. The van der Waals surface area contributed by atoms with Crippen LogP contribution in [0.15, 0.2) is 60.7 Å². The van der Waals surface area contributed by atoms with Crippen LogP contribution in [0.25, 0.3) is 0 Å². The summed E-state index contributed by atoms with van der Waals surface area (Å²) in [6.07, 6.45) is 1.97. The molecule has 0 unspecified atom stereocenters. The van der Waals surface area contributed by atoms with Gasteiger partial charge in [-0.15, -0.1) is 0 Å². The molecule has 5 heteroatoms. The maximum atomic E-state index is 11.7. The fourth-order valence-electron chi connectivity index (χ4n) is 3.99. The van der Waals surface area contributed by atoms with Crippen LogP contribution in [0.3, 0.4) is 0 Å². The summed E-state index contributed by atoms with van der Waals surface area (Å²) in [6.45, 7) is 9.33. The van der Waals surface area contributed by atoms with Crippen molar-refractivity contribution in [2.75, 3.05) is 26.4 Å². The van der Waals surface area contributed by atoms with Crippen LogP contribution in [-0.2, 0) is 32.2 Å². The van der Waals surface area contributed by atoms with Crippen molar-refractivity contribution in [1.82, 2.24) is 0 Å². The van der Waals surface area contributed by atoms with E-state index < -0.39 is 0 Å². The van der Waals surface area contributed by atoms with Crippen molar-refractivity contribution in [3.8, 4) is 0 Å². The minimum atomic E-state index is -0.313. The predicted molar refractivity (Wildman–Crippen MR) is 128 cm³/mol. The average molecular weight is 455 g/mol. The van der Waals surface area contributed by atoms with Gasteiger partial charge in [-0.1, -0.05) is 67.6 Å². The molecule has 0 bridgehead atoms. The average Bonchev–Trinajstić information content (AvgIpc) is 3.71. The number of hydrogen-bond donors (Lipinski definition) is 1. The third kappa shape index (κ3) is 7.39. The molecule has 33 heavy (non-hydrogen) atoms. The van der Waals surface area contributed by atoms with E-state index in [0.29, 0.717) is 38.3 Å². The van der Waals surface area contributed by atoms with Crippen molar-refractivity contribution in [3.05, 3.63) is 71.8 Å². The molecule has 180 valence electrons. The lowest BCUT2D eigenvalue weighted by Crippen LogP contribution is -2.19. The van der Waals surface area contributed by atoms with Crippen molar-refractivity contribution in [2.24, 2.45) is 22.7 Å². The van der Waals surface area contributed by atoms with Gasteiger partial charge < -0.3 is 19.3 Å². The minimum absolute atomic E-state index is 0.0849. The quantitative estimate of drug-likeness (QED) is 0.483. The Bertz CT molecular complexity index is 855. The van der Waals surface area contributed by atoms with Gasteiger partial charge in [0.2, 0.25) is 0 Å². The molecule has 2 aromatic rings. The summed E-state index contributed by atoms with van der Waals surface area (Å²) < 4.78 is 16.4. The Morgan fingerprint density at radius 1 is 0.879 bits per heavy atom. The maximum absolute atomic E-state index is 11.7. The van der Waals surface area contributed by atoms with Crippen molar-refractivity contribution in [2.45, 2.75) is 46.8 Å². The number of aliphatic hydroxyl groups is 1. The van der Waals surface area contributed by atoms with Crippen LogP contribution in [-0.4, -0.2) is 37.5 Å². The van der Waals surface area contributed by atoms with Gasteiger partial charge in [0.1, 0.15) is 0 Å². The summed E-state index contributed by atoms with van der Waals surface area (Å²) >= 11 is 0. The fraction of sp³-hybridized carbons (Fsp3) is 0.536. The molecular weight excluding hydrogens is 416 g/mol. The smallest absolute Gasteiger partial charge is 0.312 e. The van der Waals surface area contributed by atoms with E-state index in [2.05, 4.69) is 19.1 Å². The summed E-state index contributed by atoms with van der Waals surface area (Å²) in [5.41, 5.74) is 2.20. The van der Waals surface area contributed by atoms with Gasteiger partial charge in [0.05, 0.1) is 38.4 Å². The van der Waals surface area contributed by atoms with Gasteiger partial charge in [-0.25, -0.2) is 0 Å². The van der Waals surface area contributed by atoms with Gasteiger partial charge in [-0.3, -0.25) is 4.79 Å². The van der Waals surface area contributed by atoms with E-state index in [1.165, 1.54) is 5.56 Å². The highest BCUT2D eigenvalue weighted by Gasteiger charge is 2.57. The zero-order chi connectivity index (χ0) is 23.7. The molecule has 0 radical (unpaired) electrons. The van der Waals surface area contributed by atoms with E-state index in [-0.39, 0.29) is 23.4 Å². The van der Waals surface area contributed by atoms with Crippen LogP contribution in [0.4, 0.5) is 0 Å². The lowest BCUT2D eigenvalue weighted by molar-refractivity contribution is -0.149. The van der Waals surface area contributed by atoms with Crippen LogP contribution >= 0.6 is 0 Å². The molecule has 0 heterocycles. The van der Waals surface area contributed by atoms with E-state index in [1.807, 2.05) is 62.4 Å². The summed E-state index contributed by atoms with van der Waals surface area (Å²) in [6, 6.07) is 20.2. The van der Waals surface area contributed by atoms with Gasteiger partial charge in [-0.05, 0) is 55.1 Å². The second-order valence-electron chi connectivity index (χ2n) is 9.75. The van der Waals surface area contributed by atoms with Crippen LogP contribution in [0.2, 0.25) is 0 Å². The summed E-state index contributed by atoms with van der Waals surface area (Å²) in [7, 11) is 0. The summed E-state index contributed by atoms with van der Waals surface area (Å²) in [4.78, 5) is 11.7. The molecule has 0 aliphatic heterocycles. The molecule has 2 aromatic carbocycles. The zero-order valence-corrected chi connectivity index (χ0v) is 20.2. The monoisotopic (exact) mass is 454 g/mol. The molecule has 0 saturated heterocycles. The zero-order valence-electron chi connectivity index (χ0n) is 20.2. The molecule has 2 saturated carbocycles. The lowest BCUT2D eigenvalue weighted by Gasteiger charge is -2.10. The van der Waals surface area contributed by atoms with Crippen LogP contribution in [0, 0.1) is 22.7 Å². The topological polar surface area (TPSA) is 65.0 Å². The Morgan fingerprint density at radius 2 is 1.39 bits per heavy atom. The number of ether oxygens (including phenoxy) is 3. The highest BCUT2D eigenvalue weighted by Crippen LogP contribution is 2.53. The van der Waals surface area contributed by atoms with Crippen LogP contribution in [0.5, 0.6) is 0 Å². The first-order chi connectivity index (χ1) is 15.9. The van der Waals surface area contributed by atoms with Gasteiger partial charge in [-0.2, -0.15) is 0 Å².